The van der Waals surface area contributed by atoms with Crippen LogP contribution in [0.3, 0.4) is 0 Å². The molecule has 0 saturated heterocycles. The van der Waals surface area contributed by atoms with Crippen molar-refractivity contribution in [2.24, 2.45) is 0 Å². The lowest BCUT2D eigenvalue weighted by atomic mass is 10.2. The second-order valence-electron chi connectivity index (χ2n) is 2.67. The zero-order chi connectivity index (χ0) is 8.97. The van der Waals surface area contributed by atoms with Gasteiger partial charge in [0.1, 0.15) is 0 Å². The van der Waals surface area contributed by atoms with E-state index in [4.69, 9.17) is 5.41 Å². The summed E-state index contributed by atoms with van der Waals surface area (Å²) in [4.78, 5) is 1.78. The van der Waals surface area contributed by atoms with Gasteiger partial charge in [0, 0.05) is 13.6 Å². The number of thiol groups is 1. The SMILES string of the molecule is CN(Cc1ccccc1)C(=N)S. The van der Waals surface area contributed by atoms with Crippen LogP contribution in [0.2, 0.25) is 0 Å². The van der Waals surface area contributed by atoms with Crippen LogP contribution in [0.15, 0.2) is 30.3 Å². The van der Waals surface area contributed by atoms with E-state index in [1.54, 1.807) is 4.90 Å². The molecule has 1 N–H and O–H groups in total. The summed E-state index contributed by atoms with van der Waals surface area (Å²) >= 11 is 3.93. The minimum Gasteiger partial charge on any atom is -0.351 e. The summed E-state index contributed by atoms with van der Waals surface area (Å²) in [6.45, 7) is 0.739. The first-order chi connectivity index (χ1) is 5.70. The normalized spacial score (nSPS) is 9.50. The monoisotopic (exact) mass is 180 g/mol. The van der Waals surface area contributed by atoms with Crippen molar-refractivity contribution in [3.05, 3.63) is 35.9 Å². The van der Waals surface area contributed by atoms with E-state index >= 15 is 0 Å². The summed E-state index contributed by atoms with van der Waals surface area (Å²) in [7, 11) is 1.85. The molecule has 64 valence electrons. The molecule has 0 spiro atoms. The third-order valence-electron chi connectivity index (χ3n) is 1.62. The third-order valence-corrected chi connectivity index (χ3v) is 1.97. The van der Waals surface area contributed by atoms with Gasteiger partial charge in [0.2, 0.25) is 0 Å². The van der Waals surface area contributed by atoms with Crippen molar-refractivity contribution in [1.29, 1.82) is 5.41 Å². The van der Waals surface area contributed by atoms with Crippen LogP contribution in [0, 0.1) is 5.41 Å². The Morgan fingerprint density at radius 1 is 1.42 bits per heavy atom. The highest BCUT2D eigenvalue weighted by Gasteiger charge is 1.99. The molecule has 2 nitrogen and oxygen atoms in total. The van der Waals surface area contributed by atoms with Crippen molar-refractivity contribution < 1.29 is 0 Å². The molecule has 0 aliphatic heterocycles. The molecule has 12 heavy (non-hydrogen) atoms. The second kappa shape index (κ2) is 4.16. The quantitative estimate of drug-likeness (QED) is 0.406. The van der Waals surface area contributed by atoms with Crippen LogP contribution in [-0.4, -0.2) is 17.1 Å². The van der Waals surface area contributed by atoms with E-state index in [1.807, 2.05) is 37.4 Å². The van der Waals surface area contributed by atoms with E-state index in [0.29, 0.717) is 5.17 Å². The zero-order valence-corrected chi connectivity index (χ0v) is 7.88. The van der Waals surface area contributed by atoms with Crippen LogP contribution < -0.4 is 0 Å². The van der Waals surface area contributed by atoms with Gasteiger partial charge in [-0.3, -0.25) is 5.41 Å². The van der Waals surface area contributed by atoms with Gasteiger partial charge in [-0.05, 0) is 5.56 Å². The Bertz CT molecular complexity index is 258. The van der Waals surface area contributed by atoms with Crippen molar-refractivity contribution in [2.45, 2.75) is 6.54 Å². The fraction of sp³-hybridized carbons (Fsp3) is 0.222. The zero-order valence-electron chi connectivity index (χ0n) is 6.99. The summed E-state index contributed by atoms with van der Waals surface area (Å²) in [6.07, 6.45) is 0. The van der Waals surface area contributed by atoms with E-state index in [1.165, 1.54) is 5.56 Å². The average Bonchev–Trinajstić information content (AvgIpc) is 2.06. The molecule has 0 bridgehead atoms. The van der Waals surface area contributed by atoms with E-state index in [0.717, 1.165) is 6.54 Å². The predicted octanol–water partition coefficient (Wildman–Crippen LogP) is 1.98. The Morgan fingerprint density at radius 3 is 2.50 bits per heavy atom. The number of nitrogens with zero attached hydrogens (tertiary/aromatic N) is 1. The molecule has 0 amide bonds. The predicted molar refractivity (Wildman–Crippen MR) is 54.6 cm³/mol. The largest absolute Gasteiger partial charge is 0.351 e. The molecule has 0 atom stereocenters. The summed E-state index contributed by atoms with van der Waals surface area (Å²) in [5.41, 5.74) is 1.19. The van der Waals surface area contributed by atoms with Crippen LogP contribution in [0.25, 0.3) is 0 Å². The van der Waals surface area contributed by atoms with Crippen LogP contribution in [0.4, 0.5) is 0 Å². The van der Waals surface area contributed by atoms with Gasteiger partial charge in [-0.2, -0.15) is 0 Å². The molecule has 0 aliphatic rings. The van der Waals surface area contributed by atoms with Crippen molar-refractivity contribution in [1.82, 2.24) is 4.90 Å². The number of hydrogen-bond donors (Lipinski definition) is 2. The Kier molecular flexibility index (Phi) is 3.17. The Hall–Kier alpha value is -0.960. The number of benzene rings is 1. The lowest BCUT2D eigenvalue weighted by Gasteiger charge is -2.15. The van der Waals surface area contributed by atoms with E-state index in [9.17, 15) is 0 Å². The number of amidine groups is 1. The van der Waals surface area contributed by atoms with Gasteiger partial charge >= 0.3 is 0 Å². The first-order valence-corrected chi connectivity index (χ1v) is 4.17. The first-order valence-electron chi connectivity index (χ1n) is 3.72. The van der Waals surface area contributed by atoms with Gasteiger partial charge in [0.15, 0.2) is 5.17 Å². The molecule has 0 fully saturated rings. The number of rotatable bonds is 2. The smallest absolute Gasteiger partial charge is 0.153 e. The van der Waals surface area contributed by atoms with Crippen LogP contribution in [0.5, 0.6) is 0 Å². The highest BCUT2D eigenvalue weighted by molar-refractivity contribution is 7.96. The first kappa shape index (κ1) is 9.13. The second-order valence-corrected chi connectivity index (χ2v) is 3.09. The molecular formula is C9H12N2S. The molecule has 1 rings (SSSR count). The van der Waals surface area contributed by atoms with Crippen molar-refractivity contribution in [2.75, 3.05) is 7.05 Å². The van der Waals surface area contributed by atoms with Gasteiger partial charge in [-0.1, -0.05) is 30.3 Å². The fourth-order valence-electron chi connectivity index (χ4n) is 0.932. The standard InChI is InChI=1S/C9H12N2S/c1-11(9(10)12)7-8-5-3-2-4-6-8/h2-6H,7H2,1H3,(H2,10,12). The highest BCUT2D eigenvalue weighted by atomic mass is 32.1. The Morgan fingerprint density at radius 2 is 2.00 bits per heavy atom. The molecular weight excluding hydrogens is 168 g/mol. The van der Waals surface area contributed by atoms with Gasteiger partial charge in [0.05, 0.1) is 0 Å². The molecule has 0 aromatic heterocycles. The average molecular weight is 180 g/mol. The highest BCUT2D eigenvalue weighted by Crippen LogP contribution is 2.03. The van der Waals surface area contributed by atoms with Gasteiger partial charge in [0.25, 0.3) is 0 Å². The summed E-state index contributed by atoms with van der Waals surface area (Å²) in [6, 6.07) is 10.0. The van der Waals surface area contributed by atoms with Crippen LogP contribution in [0.1, 0.15) is 5.56 Å². The molecule has 0 saturated carbocycles. The van der Waals surface area contributed by atoms with E-state index in [-0.39, 0.29) is 0 Å². The van der Waals surface area contributed by atoms with Gasteiger partial charge in [-0.15, -0.1) is 12.6 Å². The summed E-state index contributed by atoms with van der Waals surface area (Å²) in [5, 5.41) is 7.53. The lowest BCUT2D eigenvalue weighted by Crippen LogP contribution is -2.20. The molecule has 0 unspecified atom stereocenters. The molecule has 1 aromatic carbocycles. The topological polar surface area (TPSA) is 27.1 Å². The van der Waals surface area contributed by atoms with Crippen molar-refractivity contribution in [3.63, 3.8) is 0 Å². The van der Waals surface area contributed by atoms with Crippen molar-refractivity contribution >= 4 is 17.8 Å². The van der Waals surface area contributed by atoms with Gasteiger partial charge < -0.3 is 4.90 Å². The minimum absolute atomic E-state index is 0.291. The Balaban J connectivity index is 2.58. The van der Waals surface area contributed by atoms with Crippen LogP contribution >= 0.6 is 12.6 Å². The molecule has 3 heteroatoms. The van der Waals surface area contributed by atoms with Gasteiger partial charge in [-0.25, -0.2) is 0 Å². The molecule has 0 heterocycles. The maximum absolute atomic E-state index is 7.24. The maximum Gasteiger partial charge on any atom is 0.153 e. The molecule has 1 aromatic rings. The number of hydrogen-bond acceptors (Lipinski definition) is 1. The fourth-order valence-corrected chi connectivity index (χ4v) is 1.00. The minimum atomic E-state index is 0.291. The molecule has 0 aliphatic carbocycles. The summed E-state index contributed by atoms with van der Waals surface area (Å²) in [5.74, 6) is 0. The van der Waals surface area contributed by atoms with E-state index < -0.39 is 0 Å². The third kappa shape index (κ3) is 2.58. The lowest BCUT2D eigenvalue weighted by molar-refractivity contribution is 0.508. The maximum atomic E-state index is 7.24. The van der Waals surface area contributed by atoms with Crippen LogP contribution in [-0.2, 0) is 6.54 Å². The molecule has 0 radical (unpaired) electrons. The number of nitrogens with one attached hydrogen (secondary N) is 1. The van der Waals surface area contributed by atoms with Crippen molar-refractivity contribution in [3.8, 4) is 0 Å². The summed E-state index contributed by atoms with van der Waals surface area (Å²) < 4.78 is 0. The van der Waals surface area contributed by atoms with E-state index in [2.05, 4.69) is 12.6 Å². The Labute approximate surface area is 78.1 Å².